The van der Waals surface area contributed by atoms with Crippen LogP contribution < -0.4 is 10.1 Å². The Morgan fingerprint density at radius 3 is 2.56 bits per heavy atom. The van der Waals surface area contributed by atoms with Gasteiger partial charge in [0.2, 0.25) is 5.88 Å². The number of anilines is 1. The highest BCUT2D eigenvalue weighted by atomic mass is 79.9. The normalized spacial score (nSPS) is 14.6. The van der Waals surface area contributed by atoms with Crippen molar-refractivity contribution in [1.82, 2.24) is 14.8 Å². The Kier molecular flexibility index (Phi) is 8.91. The summed E-state index contributed by atoms with van der Waals surface area (Å²) in [6.07, 6.45) is 2.83. The Morgan fingerprint density at radius 1 is 0.949 bits per heavy atom. The standard InChI is InChI=1S/C32H33BrN4O2/c1-39-31-14-12-27(21-35-31)25-11-13-30-28(19-25)23-37(32(38)26-9-5-10-29(33)20-26)18-17-36(16-6-15-34-30)22-24-7-3-2-4-8-24/h2-5,7-14,19-21,34H,6,15-18,22-23H2,1H3. The summed E-state index contributed by atoms with van der Waals surface area (Å²) in [6.45, 7) is 4.61. The van der Waals surface area contributed by atoms with Crippen molar-refractivity contribution in [3.8, 4) is 17.0 Å². The molecule has 39 heavy (non-hydrogen) atoms. The van der Waals surface area contributed by atoms with Gasteiger partial charge in [-0.15, -0.1) is 0 Å². The van der Waals surface area contributed by atoms with E-state index < -0.39 is 0 Å². The average Bonchev–Trinajstić information content (AvgIpc) is 3.01. The van der Waals surface area contributed by atoms with Crippen molar-refractivity contribution in [2.75, 3.05) is 38.6 Å². The lowest BCUT2D eigenvalue weighted by molar-refractivity contribution is 0.0720. The minimum absolute atomic E-state index is 0.0256. The molecule has 1 aliphatic rings. The number of hydrogen-bond acceptors (Lipinski definition) is 5. The van der Waals surface area contributed by atoms with E-state index in [1.165, 1.54) is 5.56 Å². The number of pyridine rings is 1. The van der Waals surface area contributed by atoms with Gasteiger partial charge in [0.1, 0.15) is 0 Å². The number of benzene rings is 3. The molecular formula is C32H33BrN4O2. The minimum atomic E-state index is 0.0256. The van der Waals surface area contributed by atoms with Gasteiger partial charge < -0.3 is 15.0 Å². The topological polar surface area (TPSA) is 57.7 Å². The number of rotatable bonds is 5. The molecule has 0 saturated carbocycles. The fourth-order valence-corrected chi connectivity index (χ4v) is 5.31. The first-order valence-electron chi connectivity index (χ1n) is 13.3. The van der Waals surface area contributed by atoms with E-state index in [0.717, 1.165) is 59.5 Å². The molecule has 0 saturated heterocycles. The lowest BCUT2D eigenvalue weighted by Crippen LogP contribution is -2.38. The minimum Gasteiger partial charge on any atom is -0.481 e. The number of nitrogens with zero attached hydrogens (tertiary/aromatic N) is 3. The molecular weight excluding hydrogens is 552 g/mol. The Morgan fingerprint density at radius 2 is 1.79 bits per heavy atom. The molecule has 6 nitrogen and oxygen atoms in total. The Bertz CT molecular complexity index is 1400. The van der Waals surface area contributed by atoms with Crippen LogP contribution in [0.25, 0.3) is 11.1 Å². The molecule has 7 heteroatoms. The van der Waals surface area contributed by atoms with Crippen LogP contribution in [-0.4, -0.2) is 54.0 Å². The van der Waals surface area contributed by atoms with Crippen LogP contribution >= 0.6 is 15.9 Å². The Hall–Kier alpha value is -3.68. The van der Waals surface area contributed by atoms with Gasteiger partial charge in [-0.1, -0.05) is 58.4 Å². The SMILES string of the molecule is COc1ccc(-c2ccc3c(c2)CN(C(=O)c2cccc(Br)c2)CCN(Cc2ccccc2)CCCN3)cn1. The van der Waals surface area contributed by atoms with Crippen molar-refractivity contribution in [2.24, 2.45) is 0 Å². The third-order valence-electron chi connectivity index (χ3n) is 7.01. The maximum atomic E-state index is 13.8. The van der Waals surface area contributed by atoms with E-state index in [2.05, 4.69) is 73.6 Å². The zero-order valence-electron chi connectivity index (χ0n) is 22.1. The molecule has 200 valence electrons. The highest BCUT2D eigenvalue weighted by Crippen LogP contribution is 2.28. The summed E-state index contributed by atoms with van der Waals surface area (Å²) in [5.74, 6) is 0.610. The van der Waals surface area contributed by atoms with Crippen LogP contribution in [0.5, 0.6) is 5.88 Å². The average molecular weight is 586 g/mol. The molecule has 1 amide bonds. The molecule has 0 atom stereocenters. The summed E-state index contributed by atoms with van der Waals surface area (Å²) in [5, 5.41) is 3.64. The lowest BCUT2D eigenvalue weighted by atomic mass is 10.0. The zero-order valence-corrected chi connectivity index (χ0v) is 23.7. The van der Waals surface area contributed by atoms with E-state index in [1.807, 2.05) is 53.6 Å². The first kappa shape index (κ1) is 26.9. The fraction of sp³-hybridized carbons (Fsp3) is 0.250. The highest BCUT2D eigenvalue weighted by molar-refractivity contribution is 9.10. The summed E-state index contributed by atoms with van der Waals surface area (Å²) in [7, 11) is 1.62. The highest BCUT2D eigenvalue weighted by Gasteiger charge is 2.21. The Balaban J connectivity index is 1.45. The van der Waals surface area contributed by atoms with Crippen molar-refractivity contribution >= 4 is 27.5 Å². The van der Waals surface area contributed by atoms with Gasteiger partial charge in [-0.25, -0.2) is 4.98 Å². The summed E-state index contributed by atoms with van der Waals surface area (Å²) in [4.78, 5) is 22.6. The lowest BCUT2D eigenvalue weighted by Gasteiger charge is -2.28. The smallest absolute Gasteiger partial charge is 0.254 e. The van der Waals surface area contributed by atoms with Crippen molar-refractivity contribution < 1.29 is 9.53 Å². The van der Waals surface area contributed by atoms with Gasteiger partial charge >= 0.3 is 0 Å². The third-order valence-corrected chi connectivity index (χ3v) is 7.50. The van der Waals surface area contributed by atoms with Crippen LogP contribution in [0, 0.1) is 0 Å². The Labute approximate surface area is 238 Å². The number of amides is 1. The quantitative estimate of drug-likeness (QED) is 0.291. The van der Waals surface area contributed by atoms with Gasteiger partial charge in [0.15, 0.2) is 0 Å². The summed E-state index contributed by atoms with van der Waals surface area (Å²) < 4.78 is 6.12. The van der Waals surface area contributed by atoms with Crippen LogP contribution in [0.15, 0.2) is 95.6 Å². The molecule has 0 aliphatic carbocycles. The molecule has 0 bridgehead atoms. The van der Waals surface area contributed by atoms with Crippen molar-refractivity contribution in [2.45, 2.75) is 19.5 Å². The van der Waals surface area contributed by atoms with Crippen LogP contribution in [0.4, 0.5) is 5.69 Å². The van der Waals surface area contributed by atoms with Gasteiger partial charge in [0, 0.05) is 72.8 Å². The molecule has 2 heterocycles. The number of carbonyl (C=O) groups is 1. The number of carbonyl (C=O) groups excluding carboxylic acids is 1. The molecule has 5 rings (SSSR count). The number of methoxy groups -OCH3 is 1. The van der Waals surface area contributed by atoms with Gasteiger partial charge in [-0.2, -0.15) is 0 Å². The second-order valence-corrected chi connectivity index (χ2v) is 10.7. The molecule has 0 unspecified atom stereocenters. The molecule has 1 aliphatic heterocycles. The maximum absolute atomic E-state index is 13.8. The van der Waals surface area contributed by atoms with Gasteiger partial charge in [-0.3, -0.25) is 9.69 Å². The number of nitrogens with one attached hydrogen (secondary N) is 1. The number of fused-ring (bicyclic) bond motifs is 1. The fourth-order valence-electron chi connectivity index (χ4n) is 4.91. The van der Waals surface area contributed by atoms with Crippen molar-refractivity contribution in [1.29, 1.82) is 0 Å². The van der Waals surface area contributed by atoms with Crippen molar-refractivity contribution in [3.63, 3.8) is 0 Å². The molecule has 0 fully saturated rings. The molecule has 1 N–H and O–H groups in total. The number of aromatic nitrogens is 1. The first-order valence-corrected chi connectivity index (χ1v) is 14.1. The van der Waals surface area contributed by atoms with Gasteiger partial charge in [0.05, 0.1) is 7.11 Å². The first-order chi connectivity index (χ1) is 19.1. The van der Waals surface area contributed by atoms with Gasteiger partial charge in [0.25, 0.3) is 5.91 Å². The van der Waals surface area contributed by atoms with E-state index in [4.69, 9.17) is 4.74 Å². The maximum Gasteiger partial charge on any atom is 0.254 e. The monoisotopic (exact) mass is 584 g/mol. The van der Waals surface area contributed by atoms with Crippen LogP contribution in [0.1, 0.15) is 27.9 Å². The zero-order chi connectivity index (χ0) is 27.0. The van der Waals surface area contributed by atoms with Crippen LogP contribution in [-0.2, 0) is 13.1 Å². The third kappa shape index (κ3) is 7.05. The van der Waals surface area contributed by atoms with Crippen LogP contribution in [0.3, 0.4) is 0 Å². The molecule has 3 aromatic carbocycles. The summed E-state index contributed by atoms with van der Waals surface area (Å²) in [5.41, 5.74) is 6.17. The van der Waals surface area contributed by atoms with E-state index in [0.29, 0.717) is 24.5 Å². The predicted molar refractivity (Wildman–Crippen MR) is 160 cm³/mol. The van der Waals surface area contributed by atoms with Crippen LogP contribution in [0.2, 0.25) is 0 Å². The van der Waals surface area contributed by atoms with Gasteiger partial charge in [-0.05, 0) is 59.5 Å². The van der Waals surface area contributed by atoms with Crippen molar-refractivity contribution in [3.05, 3.63) is 112 Å². The predicted octanol–water partition coefficient (Wildman–Crippen LogP) is 6.48. The van der Waals surface area contributed by atoms with E-state index in [9.17, 15) is 4.79 Å². The second kappa shape index (κ2) is 12.9. The molecule has 4 aromatic rings. The summed E-state index contributed by atoms with van der Waals surface area (Å²) >= 11 is 3.53. The summed E-state index contributed by atoms with van der Waals surface area (Å²) in [6, 6.07) is 28.5. The largest absolute Gasteiger partial charge is 0.481 e. The molecule has 0 radical (unpaired) electrons. The number of ether oxygens (including phenoxy) is 1. The number of hydrogen-bond donors (Lipinski definition) is 1. The molecule has 1 aromatic heterocycles. The molecule has 0 spiro atoms. The van der Waals surface area contributed by atoms with E-state index >= 15 is 0 Å². The number of halogens is 1. The van der Waals surface area contributed by atoms with E-state index in [1.54, 1.807) is 7.11 Å². The second-order valence-electron chi connectivity index (χ2n) is 9.74. The van der Waals surface area contributed by atoms with E-state index in [-0.39, 0.29) is 5.91 Å².